The number of carbonyl (C=O) groups is 2. The van der Waals surface area contributed by atoms with E-state index in [9.17, 15) is 9.59 Å². The van der Waals surface area contributed by atoms with E-state index in [-0.39, 0.29) is 18.4 Å². The summed E-state index contributed by atoms with van der Waals surface area (Å²) in [4.78, 5) is 36.3. The quantitative estimate of drug-likeness (QED) is 0.678. The van der Waals surface area contributed by atoms with E-state index in [1.165, 1.54) is 17.7 Å². The number of ether oxygens (including phenoxy) is 1. The molecule has 0 unspecified atom stereocenters. The summed E-state index contributed by atoms with van der Waals surface area (Å²) in [7, 11) is 1.69. The zero-order valence-corrected chi connectivity index (χ0v) is 17.6. The van der Waals surface area contributed by atoms with Gasteiger partial charge in [0.1, 0.15) is 11.6 Å². The van der Waals surface area contributed by atoms with Gasteiger partial charge in [0.15, 0.2) is 6.61 Å². The van der Waals surface area contributed by atoms with Gasteiger partial charge in [0.05, 0.1) is 11.2 Å². The van der Waals surface area contributed by atoms with Crippen LogP contribution in [0.2, 0.25) is 0 Å². The first kappa shape index (κ1) is 19.6. The number of carbonyl (C=O) groups excluding carboxylic acids is 2. The molecule has 2 aliphatic rings. The van der Waals surface area contributed by atoms with Crippen LogP contribution in [0, 0.1) is 0 Å². The topological polar surface area (TPSA) is 90.6 Å². The summed E-state index contributed by atoms with van der Waals surface area (Å²) in [6.45, 7) is 4.26. The van der Waals surface area contributed by atoms with Crippen LogP contribution in [0.25, 0.3) is 10.9 Å². The highest BCUT2D eigenvalue weighted by molar-refractivity contribution is 6.06. The van der Waals surface area contributed by atoms with E-state index in [1.807, 2.05) is 6.07 Å². The smallest absolute Gasteiger partial charge is 0.264 e. The molecule has 31 heavy (non-hydrogen) atoms. The lowest BCUT2D eigenvalue weighted by Crippen LogP contribution is -2.35. The second-order valence-electron chi connectivity index (χ2n) is 8.29. The Kier molecular flexibility index (Phi) is 4.86. The van der Waals surface area contributed by atoms with Gasteiger partial charge >= 0.3 is 0 Å². The fourth-order valence-corrected chi connectivity index (χ4v) is 4.29. The molecule has 5 rings (SSSR count). The van der Waals surface area contributed by atoms with Gasteiger partial charge in [-0.05, 0) is 50.6 Å². The van der Waals surface area contributed by atoms with E-state index in [2.05, 4.69) is 33.2 Å². The third-order valence-corrected chi connectivity index (χ3v) is 6.17. The van der Waals surface area contributed by atoms with E-state index >= 15 is 0 Å². The Balaban J connectivity index is 1.32. The maximum absolute atomic E-state index is 12.7. The van der Waals surface area contributed by atoms with Crippen molar-refractivity contribution in [1.82, 2.24) is 14.9 Å². The van der Waals surface area contributed by atoms with Crippen LogP contribution in [-0.2, 0) is 11.3 Å². The van der Waals surface area contributed by atoms with E-state index in [0.717, 1.165) is 29.7 Å². The first-order chi connectivity index (χ1) is 15.0. The standard InChI is InChI=1S/C23H25N5O3/c1-14-4-3-7-28(14)12-17-8-16-11-24-21(10-18(16)25-17)26-23(30)15-5-6-19-20(9-15)31-13-22(29)27(19)2/h5-6,8-11,14,25H,3-4,7,12-13H2,1-2H3,(H,24,26,30)/t14-/m0/s1. The number of benzene rings is 1. The number of likely N-dealkylation sites (tertiary alicyclic amines) is 1. The van der Waals surface area contributed by atoms with Crippen LogP contribution < -0.4 is 15.0 Å². The maximum Gasteiger partial charge on any atom is 0.264 e. The van der Waals surface area contributed by atoms with E-state index in [1.54, 1.807) is 31.4 Å². The Morgan fingerprint density at radius 3 is 3.00 bits per heavy atom. The number of aromatic amines is 1. The van der Waals surface area contributed by atoms with E-state index < -0.39 is 0 Å². The highest BCUT2D eigenvalue weighted by Gasteiger charge is 2.24. The number of nitrogens with one attached hydrogen (secondary N) is 2. The Labute approximate surface area is 180 Å². The molecule has 1 saturated heterocycles. The lowest BCUT2D eigenvalue weighted by molar-refractivity contribution is -0.120. The van der Waals surface area contributed by atoms with Gasteiger partial charge in [0, 0.05) is 48.5 Å². The number of nitrogens with zero attached hydrogens (tertiary/aromatic N) is 3. The number of pyridine rings is 1. The number of fused-ring (bicyclic) bond motifs is 2. The van der Waals surface area contributed by atoms with Gasteiger partial charge in [-0.15, -0.1) is 0 Å². The predicted molar refractivity (Wildman–Crippen MR) is 118 cm³/mol. The van der Waals surface area contributed by atoms with Gasteiger partial charge in [0.25, 0.3) is 11.8 Å². The minimum absolute atomic E-state index is 0.0296. The van der Waals surface area contributed by atoms with Crippen molar-refractivity contribution in [3.63, 3.8) is 0 Å². The highest BCUT2D eigenvalue weighted by atomic mass is 16.5. The lowest BCUT2D eigenvalue weighted by atomic mass is 10.1. The average Bonchev–Trinajstić information content (AvgIpc) is 3.35. The number of rotatable bonds is 4. The zero-order valence-electron chi connectivity index (χ0n) is 17.6. The molecule has 160 valence electrons. The summed E-state index contributed by atoms with van der Waals surface area (Å²) in [5.41, 5.74) is 3.19. The first-order valence-corrected chi connectivity index (χ1v) is 10.5. The van der Waals surface area contributed by atoms with Gasteiger partial charge in [-0.2, -0.15) is 0 Å². The number of amides is 2. The largest absolute Gasteiger partial charge is 0.482 e. The molecule has 3 aromatic rings. The number of hydrogen-bond acceptors (Lipinski definition) is 5. The summed E-state index contributed by atoms with van der Waals surface area (Å²) in [6.07, 6.45) is 4.27. The van der Waals surface area contributed by atoms with Crippen LogP contribution in [0.1, 0.15) is 35.8 Å². The Morgan fingerprint density at radius 2 is 2.19 bits per heavy atom. The normalized spacial score (nSPS) is 18.8. The van der Waals surface area contributed by atoms with Crippen molar-refractivity contribution in [2.24, 2.45) is 0 Å². The average molecular weight is 419 g/mol. The molecular formula is C23H25N5O3. The van der Waals surface area contributed by atoms with Crippen molar-refractivity contribution in [3.8, 4) is 5.75 Å². The molecule has 2 N–H and O–H groups in total. The molecule has 0 bridgehead atoms. The minimum Gasteiger partial charge on any atom is -0.482 e. The Morgan fingerprint density at radius 1 is 1.32 bits per heavy atom. The number of likely N-dealkylation sites (N-methyl/N-ethyl adjacent to an activating group) is 1. The van der Waals surface area contributed by atoms with Crippen LogP contribution in [0.15, 0.2) is 36.5 Å². The number of hydrogen-bond donors (Lipinski definition) is 2. The van der Waals surface area contributed by atoms with Crippen molar-refractivity contribution < 1.29 is 14.3 Å². The summed E-state index contributed by atoms with van der Waals surface area (Å²) in [5, 5.41) is 3.87. The van der Waals surface area contributed by atoms with Crippen LogP contribution in [0.4, 0.5) is 11.5 Å². The number of H-pyrrole nitrogens is 1. The molecular weight excluding hydrogens is 394 g/mol. The maximum atomic E-state index is 12.7. The fourth-order valence-electron chi connectivity index (χ4n) is 4.29. The van der Waals surface area contributed by atoms with Gasteiger partial charge in [-0.1, -0.05) is 0 Å². The molecule has 2 aromatic heterocycles. The van der Waals surface area contributed by atoms with Gasteiger partial charge in [-0.3, -0.25) is 14.5 Å². The van der Waals surface area contributed by atoms with Crippen LogP contribution >= 0.6 is 0 Å². The van der Waals surface area contributed by atoms with Crippen LogP contribution in [-0.4, -0.2) is 52.9 Å². The molecule has 0 radical (unpaired) electrons. The predicted octanol–water partition coefficient (Wildman–Crippen LogP) is 3.15. The summed E-state index contributed by atoms with van der Waals surface area (Å²) < 4.78 is 5.47. The molecule has 1 fully saturated rings. The monoisotopic (exact) mass is 419 g/mol. The Bertz CT molecular complexity index is 1170. The molecule has 0 saturated carbocycles. The number of anilines is 2. The van der Waals surface area contributed by atoms with Crippen LogP contribution in [0.5, 0.6) is 5.75 Å². The van der Waals surface area contributed by atoms with E-state index in [4.69, 9.17) is 4.74 Å². The van der Waals surface area contributed by atoms with E-state index in [0.29, 0.717) is 28.9 Å². The van der Waals surface area contributed by atoms with Crippen molar-refractivity contribution in [2.75, 3.05) is 30.4 Å². The number of aromatic nitrogens is 2. The highest BCUT2D eigenvalue weighted by Crippen LogP contribution is 2.32. The van der Waals surface area contributed by atoms with Crippen molar-refractivity contribution in [3.05, 3.63) is 47.8 Å². The second-order valence-corrected chi connectivity index (χ2v) is 8.29. The third-order valence-electron chi connectivity index (χ3n) is 6.17. The lowest BCUT2D eigenvalue weighted by Gasteiger charge is -2.26. The van der Waals surface area contributed by atoms with Crippen molar-refractivity contribution in [1.29, 1.82) is 0 Å². The van der Waals surface area contributed by atoms with Gasteiger partial charge < -0.3 is 19.9 Å². The van der Waals surface area contributed by atoms with Gasteiger partial charge in [-0.25, -0.2) is 4.98 Å². The molecule has 1 atom stereocenters. The third kappa shape index (κ3) is 3.74. The summed E-state index contributed by atoms with van der Waals surface area (Å²) in [5.74, 6) is 0.594. The molecule has 1 aromatic carbocycles. The second kappa shape index (κ2) is 7.70. The minimum atomic E-state index is -0.282. The van der Waals surface area contributed by atoms with Gasteiger partial charge in [0.2, 0.25) is 0 Å². The molecule has 2 aliphatic heterocycles. The molecule has 0 spiro atoms. The molecule has 8 heteroatoms. The zero-order chi connectivity index (χ0) is 21.5. The van der Waals surface area contributed by atoms with Crippen molar-refractivity contribution >= 4 is 34.2 Å². The molecule has 2 amide bonds. The SMILES string of the molecule is C[C@H]1CCCN1Cc1cc2cnc(NC(=O)c3ccc4c(c3)OCC(=O)N4C)cc2[nH]1. The molecule has 8 nitrogen and oxygen atoms in total. The summed E-state index contributed by atoms with van der Waals surface area (Å²) >= 11 is 0. The summed E-state index contributed by atoms with van der Waals surface area (Å²) in [6, 6.07) is 9.63. The first-order valence-electron chi connectivity index (χ1n) is 10.5. The molecule has 0 aliphatic carbocycles. The molecule has 4 heterocycles. The Hall–Kier alpha value is -3.39. The fraction of sp³-hybridized carbons (Fsp3) is 0.348. The van der Waals surface area contributed by atoms with Crippen molar-refractivity contribution in [2.45, 2.75) is 32.4 Å². The van der Waals surface area contributed by atoms with Crippen LogP contribution in [0.3, 0.4) is 0 Å².